The van der Waals surface area contributed by atoms with Crippen LogP contribution in [0.5, 0.6) is 0 Å². The number of carbonyl (C=O) groups excluding carboxylic acids is 3. The molecule has 0 aliphatic carbocycles. The Morgan fingerprint density at radius 2 is 2.11 bits per heavy atom. The van der Waals surface area contributed by atoms with E-state index in [1.165, 1.54) is 6.08 Å². The van der Waals surface area contributed by atoms with Crippen molar-refractivity contribution in [1.29, 1.82) is 0 Å². The van der Waals surface area contributed by atoms with Crippen LogP contribution in [-0.2, 0) is 11.2 Å². The number of hydrogen-bond acceptors (Lipinski definition) is 4. The molecule has 0 bridgehead atoms. The highest BCUT2D eigenvalue weighted by molar-refractivity contribution is 6.09. The maximum Gasteiger partial charge on any atom is 0.271 e. The maximum atomic E-state index is 12.8. The Balaban J connectivity index is 1.91. The van der Waals surface area contributed by atoms with Gasteiger partial charge < -0.3 is 16.0 Å². The SMILES string of the molecule is C=CC(=O)N1CCCc2cc(C(=O)Nc3c(C(N)=O)n[nH]c3C(C)C)ccc21. The van der Waals surface area contributed by atoms with E-state index in [1.807, 2.05) is 13.8 Å². The first kappa shape index (κ1) is 19.3. The average molecular weight is 381 g/mol. The van der Waals surface area contributed by atoms with Crippen molar-refractivity contribution in [3.63, 3.8) is 0 Å². The lowest BCUT2D eigenvalue weighted by molar-refractivity contribution is -0.114. The van der Waals surface area contributed by atoms with E-state index in [4.69, 9.17) is 5.73 Å². The molecule has 0 unspecified atom stereocenters. The molecule has 0 radical (unpaired) electrons. The van der Waals surface area contributed by atoms with Crippen LogP contribution in [0.2, 0.25) is 0 Å². The van der Waals surface area contributed by atoms with Gasteiger partial charge in [-0.05, 0) is 48.6 Å². The zero-order chi connectivity index (χ0) is 20.4. The van der Waals surface area contributed by atoms with Crippen LogP contribution in [0, 0.1) is 0 Å². The summed E-state index contributed by atoms with van der Waals surface area (Å²) in [4.78, 5) is 38.2. The lowest BCUT2D eigenvalue weighted by atomic mass is 9.98. The molecule has 3 rings (SSSR count). The van der Waals surface area contributed by atoms with E-state index in [0.717, 1.165) is 24.1 Å². The summed E-state index contributed by atoms with van der Waals surface area (Å²) in [5.41, 5.74) is 8.43. The number of aromatic amines is 1. The molecule has 8 heteroatoms. The molecule has 28 heavy (non-hydrogen) atoms. The van der Waals surface area contributed by atoms with E-state index in [9.17, 15) is 14.4 Å². The summed E-state index contributed by atoms with van der Waals surface area (Å²) in [5.74, 6) is -1.25. The van der Waals surface area contributed by atoms with Crippen molar-refractivity contribution in [1.82, 2.24) is 10.2 Å². The van der Waals surface area contributed by atoms with Crippen molar-refractivity contribution >= 4 is 29.1 Å². The molecule has 3 amide bonds. The van der Waals surface area contributed by atoms with Gasteiger partial charge in [-0.15, -0.1) is 0 Å². The minimum atomic E-state index is -0.720. The first-order valence-corrected chi connectivity index (χ1v) is 9.09. The molecule has 0 saturated heterocycles. The zero-order valence-electron chi connectivity index (χ0n) is 15.9. The summed E-state index contributed by atoms with van der Waals surface area (Å²) in [5, 5.41) is 9.45. The van der Waals surface area contributed by atoms with Gasteiger partial charge in [0.2, 0.25) is 5.91 Å². The van der Waals surface area contributed by atoms with Gasteiger partial charge in [-0.25, -0.2) is 0 Å². The number of anilines is 2. The summed E-state index contributed by atoms with van der Waals surface area (Å²) in [7, 11) is 0. The third-order valence-electron chi connectivity index (χ3n) is 4.74. The van der Waals surface area contributed by atoms with Gasteiger partial charge in [-0.2, -0.15) is 5.10 Å². The van der Waals surface area contributed by atoms with Crippen LogP contribution in [0.15, 0.2) is 30.9 Å². The Morgan fingerprint density at radius 1 is 1.36 bits per heavy atom. The number of amides is 3. The number of hydrogen-bond donors (Lipinski definition) is 3. The number of fused-ring (bicyclic) bond motifs is 1. The second kappa shape index (κ2) is 7.67. The second-order valence-electron chi connectivity index (χ2n) is 6.98. The fraction of sp³-hybridized carbons (Fsp3) is 0.300. The second-order valence-corrected chi connectivity index (χ2v) is 6.98. The molecular formula is C20H23N5O3. The van der Waals surface area contributed by atoms with E-state index < -0.39 is 5.91 Å². The van der Waals surface area contributed by atoms with Crippen LogP contribution in [0.4, 0.5) is 11.4 Å². The number of nitrogens with one attached hydrogen (secondary N) is 2. The van der Waals surface area contributed by atoms with Crippen molar-refractivity contribution in [3.05, 3.63) is 53.4 Å². The van der Waals surface area contributed by atoms with E-state index in [1.54, 1.807) is 23.1 Å². The Labute approximate surface area is 162 Å². The van der Waals surface area contributed by atoms with Crippen LogP contribution in [0.25, 0.3) is 0 Å². The highest BCUT2D eigenvalue weighted by atomic mass is 16.2. The topological polar surface area (TPSA) is 121 Å². The summed E-state index contributed by atoms with van der Waals surface area (Å²) in [6.45, 7) is 7.99. The van der Waals surface area contributed by atoms with Crippen LogP contribution < -0.4 is 16.0 Å². The molecule has 0 atom stereocenters. The predicted octanol–water partition coefficient (Wildman–Crippen LogP) is 2.35. The predicted molar refractivity (Wildman–Crippen MR) is 106 cm³/mol. The first-order valence-electron chi connectivity index (χ1n) is 9.09. The quantitative estimate of drug-likeness (QED) is 0.688. The number of aromatic nitrogens is 2. The number of aryl methyl sites for hydroxylation is 1. The van der Waals surface area contributed by atoms with Gasteiger partial charge >= 0.3 is 0 Å². The average Bonchev–Trinajstić information content (AvgIpc) is 3.10. The number of carbonyl (C=O) groups is 3. The fourth-order valence-corrected chi connectivity index (χ4v) is 3.34. The molecule has 0 fully saturated rings. The van der Waals surface area contributed by atoms with Crippen LogP contribution in [0.3, 0.4) is 0 Å². The van der Waals surface area contributed by atoms with Gasteiger partial charge in [0.1, 0.15) is 0 Å². The van der Waals surface area contributed by atoms with Crippen molar-refractivity contribution in [3.8, 4) is 0 Å². The van der Waals surface area contributed by atoms with Gasteiger partial charge in [0, 0.05) is 17.8 Å². The molecule has 1 aromatic heterocycles. The molecule has 1 aliphatic rings. The number of nitrogens with two attached hydrogens (primary N) is 1. The van der Waals surface area contributed by atoms with Crippen molar-refractivity contribution in [2.45, 2.75) is 32.6 Å². The third-order valence-corrected chi connectivity index (χ3v) is 4.74. The van der Waals surface area contributed by atoms with Gasteiger partial charge in [0.05, 0.1) is 11.4 Å². The van der Waals surface area contributed by atoms with Gasteiger partial charge in [-0.1, -0.05) is 20.4 Å². The Morgan fingerprint density at radius 3 is 2.75 bits per heavy atom. The first-order chi connectivity index (χ1) is 13.3. The molecular weight excluding hydrogens is 358 g/mol. The Kier molecular flexibility index (Phi) is 5.30. The smallest absolute Gasteiger partial charge is 0.271 e. The Bertz CT molecular complexity index is 961. The van der Waals surface area contributed by atoms with Crippen LogP contribution >= 0.6 is 0 Å². The van der Waals surface area contributed by atoms with Crippen molar-refractivity contribution < 1.29 is 14.4 Å². The fourth-order valence-electron chi connectivity index (χ4n) is 3.34. The maximum absolute atomic E-state index is 12.8. The molecule has 4 N–H and O–H groups in total. The molecule has 0 saturated carbocycles. The normalized spacial score (nSPS) is 13.2. The molecule has 0 spiro atoms. The standard InChI is InChI=1S/C20H23N5O3/c1-4-15(26)25-9-5-6-12-10-13(7-8-14(12)25)20(28)22-17-16(11(2)3)23-24-18(17)19(21)27/h4,7-8,10-11H,1,5-6,9H2,2-3H3,(H2,21,27)(H,22,28)(H,23,24). The van der Waals surface area contributed by atoms with Crippen molar-refractivity contribution in [2.75, 3.05) is 16.8 Å². The summed E-state index contributed by atoms with van der Waals surface area (Å²) < 4.78 is 0. The number of nitrogens with zero attached hydrogens (tertiary/aromatic N) is 2. The minimum absolute atomic E-state index is 0.00207. The zero-order valence-corrected chi connectivity index (χ0v) is 15.9. The van der Waals surface area contributed by atoms with Gasteiger partial charge in [0.25, 0.3) is 11.8 Å². The molecule has 146 valence electrons. The summed E-state index contributed by atoms with van der Waals surface area (Å²) in [6, 6.07) is 5.19. The number of H-pyrrole nitrogens is 1. The molecule has 1 aliphatic heterocycles. The molecule has 2 heterocycles. The third kappa shape index (κ3) is 3.53. The largest absolute Gasteiger partial charge is 0.364 e. The summed E-state index contributed by atoms with van der Waals surface area (Å²) in [6.07, 6.45) is 2.86. The van der Waals surface area contributed by atoms with Gasteiger partial charge in [-0.3, -0.25) is 19.5 Å². The number of benzene rings is 1. The molecule has 2 aromatic rings. The van der Waals surface area contributed by atoms with Crippen molar-refractivity contribution in [2.24, 2.45) is 5.73 Å². The van der Waals surface area contributed by atoms with E-state index >= 15 is 0 Å². The van der Waals surface area contributed by atoms with E-state index in [-0.39, 0.29) is 23.4 Å². The van der Waals surface area contributed by atoms with Gasteiger partial charge in [0.15, 0.2) is 5.69 Å². The number of rotatable bonds is 5. The highest BCUT2D eigenvalue weighted by Gasteiger charge is 2.24. The van der Waals surface area contributed by atoms with E-state index in [0.29, 0.717) is 23.5 Å². The lowest BCUT2D eigenvalue weighted by Crippen LogP contribution is -2.34. The van der Waals surface area contributed by atoms with E-state index in [2.05, 4.69) is 22.1 Å². The molecule has 8 nitrogen and oxygen atoms in total. The minimum Gasteiger partial charge on any atom is -0.364 e. The number of primary amides is 1. The van der Waals surface area contributed by atoms with Crippen LogP contribution in [-0.4, -0.2) is 34.5 Å². The molecule has 1 aromatic carbocycles. The highest BCUT2D eigenvalue weighted by Crippen LogP contribution is 2.30. The monoisotopic (exact) mass is 381 g/mol. The Hall–Kier alpha value is -3.42. The van der Waals surface area contributed by atoms with Crippen LogP contribution in [0.1, 0.15) is 58.3 Å². The lowest BCUT2D eigenvalue weighted by Gasteiger charge is -2.29. The summed E-state index contributed by atoms with van der Waals surface area (Å²) >= 11 is 0.